The van der Waals surface area contributed by atoms with Crippen molar-refractivity contribution in [2.75, 3.05) is 0 Å². The molecule has 10 heteroatoms. The average molecular weight is 477 g/mol. The molecule has 2 aromatic heterocycles. The van der Waals surface area contributed by atoms with Crippen LogP contribution in [-0.4, -0.2) is 37.5 Å². The third-order valence-corrected chi connectivity index (χ3v) is 5.82. The zero-order chi connectivity index (χ0) is 23.8. The maximum Gasteiger partial charge on any atom is 0.357 e. The maximum atomic E-state index is 13.3. The number of furan rings is 1. The number of hydrogen-bond acceptors (Lipinski definition) is 6. The van der Waals surface area contributed by atoms with Gasteiger partial charge in [0.15, 0.2) is 5.69 Å². The van der Waals surface area contributed by atoms with E-state index in [9.17, 15) is 19.5 Å². The predicted molar refractivity (Wildman–Crippen MR) is 124 cm³/mol. The van der Waals surface area contributed by atoms with Crippen molar-refractivity contribution in [3.63, 3.8) is 0 Å². The molecule has 0 unspecified atom stereocenters. The summed E-state index contributed by atoms with van der Waals surface area (Å²) in [7, 11) is 0. The Hall–Kier alpha value is -4.24. The minimum absolute atomic E-state index is 0.164. The first-order valence-corrected chi connectivity index (χ1v) is 10.7. The van der Waals surface area contributed by atoms with Crippen molar-refractivity contribution in [3.8, 4) is 0 Å². The fraction of sp³-hybridized carbons (Fsp3) is 0.125. The number of carboxylic acid groups (broad SMARTS) is 1. The summed E-state index contributed by atoms with van der Waals surface area (Å²) in [6, 6.07) is 16.3. The van der Waals surface area contributed by atoms with E-state index >= 15 is 0 Å². The zero-order valence-corrected chi connectivity index (χ0v) is 18.3. The second kappa shape index (κ2) is 8.60. The third kappa shape index (κ3) is 3.86. The molecule has 170 valence electrons. The van der Waals surface area contributed by atoms with Crippen molar-refractivity contribution in [2.24, 2.45) is 5.10 Å². The Morgan fingerprint density at radius 1 is 1.06 bits per heavy atom. The molecule has 5 rings (SSSR count). The molecule has 1 N–H and O–H groups in total. The summed E-state index contributed by atoms with van der Waals surface area (Å²) >= 11 is 5.99. The van der Waals surface area contributed by atoms with Gasteiger partial charge in [-0.3, -0.25) is 9.59 Å². The molecular weight excluding hydrogens is 460 g/mol. The summed E-state index contributed by atoms with van der Waals surface area (Å²) in [5.41, 5.74) is 0.573. The van der Waals surface area contributed by atoms with Crippen LogP contribution in [0.25, 0.3) is 10.8 Å². The van der Waals surface area contributed by atoms with Crippen molar-refractivity contribution in [1.82, 2.24) is 14.8 Å². The Balaban J connectivity index is 1.53. The highest BCUT2D eigenvalue weighted by molar-refractivity contribution is 6.30. The molecule has 4 aromatic rings. The van der Waals surface area contributed by atoms with Crippen molar-refractivity contribution in [3.05, 3.63) is 99.3 Å². The van der Waals surface area contributed by atoms with Crippen LogP contribution in [0.5, 0.6) is 0 Å². The first kappa shape index (κ1) is 21.6. The van der Waals surface area contributed by atoms with E-state index in [1.807, 2.05) is 12.1 Å². The number of benzene rings is 2. The third-order valence-electron chi connectivity index (χ3n) is 5.57. The molecule has 1 aliphatic rings. The lowest BCUT2D eigenvalue weighted by atomic mass is 10.0. The SMILES string of the molecule is O=C(O)c1nn(CC(=O)N2N=C(c3ccc(Cl)cc3)C[C@H]2c2ccco2)c(=O)c2ccccc12. The Bertz CT molecular complexity index is 1490. The number of carboxylic acids is 1. The van der Waals surface area contributed by atoms with Gasteiger partial charge in [0.05, 0.1) is 17.4 Å². The van der Waals surface area contributed by atoms with Crippen LogP contribution in [0.1, 0.15) is 34.3 Å². The normalized spacial score (nSPS) is 15.5. The number of carbonyl (C=O) groups excluding carboxylic acids is 1. The molecule has 1 amide bonds. The van der Waals surface area contributed by atoms with Gasteiger partial charge in [0.1, 0.15) is 18.3 Å². The number of amides is 1. The number of hydrazone groups is 1. The highest BCUT2D eigenvalue weighted by atomic mass is 35.5. The number of carbonyl (C=O) groups is 2. The minimum atomic E-state index is -1.30. The molecule has 0 spiro atoms. The number of hydrogen-bond donors (Lipinski definition) is 1. The van der Waals surface area contributed by atoms with E-state index < -0.39 is 30.0 Å². The van der Waals surface area contributed by atoms with Crippen LogP contribution < -0.4 is 5.56 Å². The van der Waals surface area contributed by atoms with Crippen molar-refractivity contribution >= 4 is 40.0 Å². The molecule has 0 radical (unpaired) electrons. The van der Waals surface area contributed by atoms with E-state index in [1.165, 1.54) is 23.4 Å². The van der Waals surface area contributed by atoms with Crippen LogP contribution in [0.2, 0.25) is 5.02 Å². The number of fused-ring (bicyclic) bond motifs is 1. The Labute approximate surface area is 197 Å². The summed E-state index contributed by atoms with van der Waals surface area (Å²) in [6.07, 6.45) is 1.90. The van der Waals surface area contributed by atoms with E-state index in [1.54, 1.807) is 36.4 Å². The van der Waals surface area contributed by atoms with Gasteiger partial charge >= 0.3 is 5.97 Å². The van der Waals surface area contributed by atoms with E-state index in [-0.39, 0.29) is 16.5 Å². The fourth-order valence-corrected chi connectivity index (χ4v) is 4.09. The van der Waals surface area contributed by atoms with E-state index in [0.717, 1.165) is 10.2 Å². The quantitative estimate of drug-likeness (QED) is 0.469. The van der Waals surface area contributed by atoms with Gasteiger partial charge in [0, 0.05) is 16.8 Å². The average Bonchev–Trinajstić information content (AvgIpc) is 3.51. The molecule has 1 atom stereocenters. The number of aromatic carboxylic acids is 1. The molecule has 2 aromatic carbocycles. The summed E-state index contributed by atoms with van der Waals surface area (Å²) in [5.74, 6) is -1.30. The molecule has 0 aliphatic carbocycles. The predicted octanol–water partition coefficient (Wildman–Crippen LogP) is 3.72. The molecule has 0 saturated heterocycles. The largest absolute Gasteiger partial charge is 0.476 e. The first-order valence-electron chi connectivity index (χ1n) is 10.3. The fourth-order valence-electron chi connectivity index (χ4n) is 3.96. The minimum Gasteiger partial charge on any atom is -0.476 e. The van der Waals surface area contributed by atoms with Gasteiger partial charge in [-0.1, -0.05) is 41.9 Å². The van der Waals surface area contributed by atoms with Gasteiger partial charge in [0.2, 0.25) is 0 Å². The number of halogens is 1. The Kier molecular flexibility index (Phi) is 5.46. The van der Waals surface area contributed by atoms with Gasteiger partial charge in [0.25, 0.3) is 11.5 Å². The van der Waals surface area contributed by atoms with Crippen LogP contribution in [0.15, 0.2) is 81.2 Å². The zero-order valence-electron chi connectivity index (χ0n) is 17.6. The van der Waals surface area contributed by atoms with Crippen molar-refractivity contribution in [2.45, 2.75) is 19.0 Å². The standard InChI is InChI=1S/C24H17ClN4O5/c25-15-9-7-14(8-10-15)18-12-19(20-6-3-11-34-20)29(26-18)21(30)13-28-23(31)17-5-2-1-4-16(17)22(27-28)24(32)33/h1-11,19H,12-13H2,(H,32,33)/t19-/m0/s1. The highest BCUT2D eigenvalue weighted by Gasteiger charge is 2.35. The molecule has 1 aliphatic heterocycles. The molecular formula is C24H17ClN4O5. The lowest BCUT2D eigenvalue weighted by molar-refractivity contribution is -0.134. The van der Waals surface area contributed by atoms with Gasteiger partial charge < -0.3 is 9.52 Å². The van der Waals surface area contributed by atoms with Crippen molar-refractivity contribution < 1.29 is 19.1 Å². The molecule has 0 bridgehead atoms. The highest BCUT2D eigenvalue weighted by Crippen LogP contribution is 2.33. The van der Waals surface area contributed by atoms with E-state index in [2.05, 4.69) is 10.2 Å². The van der Waals surface area contributed by atoms with Crippen LogP contribution >= 0.6 is 11.6 Å². The van der Waals surface area contributed by atoms with E-state index in [4.69, 9.17) is 16.0 Å². The Morgan fingerprint density at radius 3 is 2.47 bits per heavy atom. The molecule has 0 saturated carbocycles. The van der Waals surface area contributed by atoms with Gasteiger partial charge in [-0.2, -0.15) is 10.2 Å². The van der Waals surface area contributed by atoms with Gasteiger partial charge in [-0.05, 0) is 35.9 Å². The van der Waals surface area contributed by atoms with Crippen molar-refractivity contribution in [1.29, 1.82) is 0 Å². The molecule has 9 nitrogen and oxygen atoms in total. The topological polar surface area (TPSA) is 118 Å². The Morgan fingerprint density at radius 2 is 1.79 bits per heavy atom. The van der Waals surface area contributed by atoms with Crippen LogP contribution in [0.4, 0.5) is 0 Å². The van der Waals surface area contributed by atoms with Crippen LogP contribution in [0.3, 0.4) is 0 Å². The monoisotopic (exact) mass is 476 g/mol. The lowest BCUT2D eigenvalue weighted by Gasteiger charge is -2.20. The number of nitrogens with zero attached hydrogens (tertiary/aromatic N) is 4. The van der Waals surface area contributed by atoms with Crippen LogP contribution in [0, 0.1) is 0 Å². The summed E-state index contributed by atoms with van der Waals surface area (Å²) < 4.78 is 6.40. The smallest absolute Gasteiger partial charge is 0.357 e. The summed E-state index contributed by atoms with van der Waals surface area (Å²) in [5, 5.41) is 20.2. The summed E-state index contributed by atoms with van der Waals surface area (Å²) in [4.78, 5) is 38.0. The van der Waals surface area contributed by atoms with Gasteiger partial charge in [-0.25, -0.2) is 14.5 Å². The molecule has 0 fully saturated rings. The van der Waals surface area contributed by atoms with E-state index in [0.29, 0.717) is 22.9 Å². The second-order valence-electron chi connectivity index (χ2n) is 7.69. The van der Waals surface area contributed by atoms with Crippen LogP contribution in [-0.2, 0) is 11.3 Å². The molecule has 34 heavy (non-hydrogen) atoms. The number of aromatic nitrogens is 2. The lowest BCUT2D eigenvalue weighted by Crippen LogP contribution is -2.35. The number of rotatable bonds is 5. The maximum absolute atomic E-state index is 13.3. The van der Waals surface area contributed by atoms with Gasteiger partial charge in [-0.15, -0.1) is 0 Å². The second-order valence-corrected chi connectivity index (χ2v) is 8.13. The molecule has 3 heterocycles. The first-order chi connectivity index (χ1) is 16.4. The summed E-state index contributed by atoms with van der Waals surface area (Å²) in [6.45, 7) is -0.488.